The summed E-state index contributed by atoms with van der Waals surface area (Å²) in [5, 5.41) is 13.2. The Kier molecular flexibility index (Phi) is 3.71. The SMILES string of the molecule is O=C1CCCc2cc(C(O)c3cccc(F)c3)ccc2N1. The van der Waals surface area contributed by atoms with Gasteiger partial charge in [-0.1, -0.05) is 24.3 Å². The van der Waals surface area contributed by atoms with Crippen molar-refractivity contribution in [2.45, 2.75) is 25.4 Å². The van der Waals surface area contributed by atoms with Crippen LogP contribution in [0.4, 0.5) is 10.1 Å². The summed E-state index contributed by atoms with van der Waals surface area (Å²) >= 11 is 0. The van der Waals surface area contributed by atoms with Crippen molar-refractivity contribution in [3.8, 4) is 0 Å². The summed E-state index contributed by atoms with van der Waals surface area (Å²) in [4.78, 5) is 11.5. The lowest BCUT2D eigenvalue weighted by Gasteiger charge is -2.15. The van der Waals surface area contributed by atoms with E-state index in [0.717, 1.165) is 24.1 Å². The van der Waals surface area contributed by atoms with E-state index in [2.05, 4.69) is 5.32 Å². The van der Waals surface area contributed by atoms with Gasteiger partial charge in [-0.15, -0.1) is 0 Å². The van der Waals surface area contributed by atoms with Crippen LogP contribution in [0.3, 0.4) is 0 Å². The molecular formula is C17H16FNO2. The highest BCUT2D eigenvalue weighted by molar-refractivity contribution is 5.92. The van der Waals surface area contributed by atoms with E-state index in [4.69, 9.17) is 0 Å². The Balaban J connectivity index is 1.93. The molecule has 0 bridgehead atoms. The Bertz CT molecular complexity index is 684. The van der Waals surface area contributed by atoms with Crippen LogP contribution < -0.4 is 5.32 Å². The van der Waals surface area contributed by atoms with Gasteiger partial charge in [-0.3, -0.25) is 4.79 Å². The van der Waals surface area contributed by atoms with Crippen LogP contribution in [-0.4, -0.2) is 11.0 Å². The standard InChI is InChI=1S/C17H16FNO2/c18-14-5-1-4-12(10-14)17(21)13-7-8-15-11(9-13)3-2-6-16(20)19-15/h1,4-5,7-10,17,21H,2-3,6H2,(H,19,20). The van der Waals surface area contributed by atoms with Crippen LogP contribution in [-0.2, 0) is 11.2 Å². The highest BCUT2D eigenvalue weighted by Gasteiger charge is 2.16. The average molecular weight is 285 g/mol. The minimum absolute atomic E-state index is 0.0205. The van der Waals surface area contributed by atoms with Crippen molar-refractivity contribution in [1.82, 2.24) is 0 Å². The van der Waals surface area contributed by atoms with Gasteiger partial charge in [0.1, 0.15) is 11.9 Å². The second-order valence-electron chi connectivity index (χ2n) is 5.28. The zero-order valence-electron chi connectivity index (χ0n) is 11.5. The molecule has 2 aromatic carbocycles. The Morgan fingerprint density at radius 2 is 1.90 bits per heavy atom. The molecule has 3 rings (SSSR count). The maximum absolute atomic E-state index is 13.3. The fourth-order valence-electron chi connectivity index (χ4n) is 2.63. The van der Waals surface area contributed by atoms with E-state index in [1.165, 1.54) is 12.1 Å². The normalized spacial score (nSPS) is 15.8. The van der Waals surface area contributed by atoms with E-state index in [9.17, 15) is 14.3 Å². The largest absolute Gasteiger partial charge is 0.384 e. The predicted molar refractivity (Wildman–Crippen MR) is 78.5 cm³/mol. The van der Waals surface area contributed by atoms with Crippen molar-refractivity contribution in [2.75, 3.05) is 5.32 Å². The maximum Gasteiger partial charge on any atom is 0.224 e. The van der Waals surface area contributed by atoms with Crippen molar-refractivity contribution >= 4 is 11.6 Å². The molecule has 1 aliphatic heterocycles. The Labute approximate surface area is 122 Å². The fourth-order valence-corrected chi connectivity index (χ4v) is 2.63. The molecule has 1 unspecified atom stereocenters. The number of carbonyl (C=O) groups excluding carboxylic acids is 1. The molecule has 4 heteroatoms. The maximum atomic E-state index is 13.3. The first-order chi connectivity index (χ1) is 10.1. The topological polar surface area (TPSA) is 49.3 Å². The minimum Gasteiger partial charge on any atom is -0.384 e. The van der Waals surface area contributed by atoms with E-state index in [1.807, 2.05) is 6.07 Å². The highest BCUT2D eigenvalue weighted by atomic mass is 19.1. The molecule has 0 saturated heterocycles. The summed E-state index contributed by atoms with van der Waals surface area (Å²) < 4.78 is 13.3. The summed E-state index contributed by atoms with van der Waals surface area (Å²) in [6, 6.07) is 11.4. The number of aliphatic hydroxyl groups is 1. The van der Waals surface area contributed by atoms with Gasteiger partial charge in [0, 0.05) is 12.1 Å². The number of benzene rings is 2. The first-order valence-electron chi connectivity index (χ1n) is 7.00. The number of hydrogen-bond acceptors (Lipinski definition) is 2. The summed E-state index contributed by atoms with van der Waals surface area (Å²) in [5.41, 5.74) is 3.03. The van der Waals surface area contributed by atoms with Crippen LogP contribution in [0.15, 0.2) is 42.5 Å². The van der Waals surface area contributed by atoms with Crippen LogP contribution in [0.2, 0.25) is 0 Å². The molecule has 3 nitrogen and oxygen atoms in total. The third kappa shape index (κ3) is 2.95. The molecule has 0 aliphatic carbocycles. The third-order valence-corrected chi connectivity index (χ3v) is 3.73. The van der Waals surface area contributed by atoms with Crippen molar-refractivity contribution in [2.24, 2.45) is 0 Å². The van der Waals surface area contributed by atoms with Gasteiger partial charge in [-0.2, -0.15) is 0 Å². The van der Waals surface area contributed by atoms with Crippen LogP contribution in [0, 0.1) is 5.82 Å². The van der Waals surface area contributed by atoms with Crippen LogP contribution in [0.1, 0.15) is 35.6 Å². The zero-order chi connectivity index (χ0) is 14.8. The van der Waals surface area contributed by atoms with E-state index in [0.29, 0.717) is 17.5 Å². The Hall–Kier alpha value is -2.20. The smallest absolute Gasteiger partial charge is 0.224 e. The number of fused-ring (bicyclic) bond motifs is 1. The van der Waals surface area contributed by atoms with Gasteiger partial charge >= 0.3 is 0 Å². The number of aryl methyl sites for hydroxylation is 1. The zero-order valence-corrected chi connectivity index (χ0v) is 11.5. The van der Waals surface area contributed by atoms with Gasteiger partial charge in [-0.25, -0.2) is 4.39 Å². The summed E-state index contributed by atoms with van der Waals surface area (Å²) in [7, 11) is 0. The summed E-state index contributed by atoms with van der Waals surface area (Å²) in [6.07, 6.45) is 1.22. The van der Waals surface area contributed by atoms with E-state index in [-0.39, 0.29) is 11.7 Å². The molecule has 1 amide bonds. The lowest BCUT2D eigenvalue weighted by atomic mass is 9.97. The number of rotatable bonds is 2. The number of amides is 1. The van der Waals surface area contributed by atoms with E-state index in [1.54, 1.807) is 24.3 Å². The monoisotopic (exact) mass is 285 g/mol. The molecular weight excluding hydrogens is 269 g/mol. The molecule has 2 N–H and O–H groups in total. The van der Waals surface area contributed by atoms with Crippen molar-refractivity contribution < 1.29 is 14.3 Å². The predicted octanol–water partition coefficient (Wildman–Crippen LogP) is 3.18. The molecule has 21 heavy (non-hydrogen) atoms. The van der Waals surface area contributed by atoms with Crippen molar-refractivity contribution in [1.29, 1.82) is 0 Å². The quantitative estimate of drug-likeness (QED) is 0.890. The summed E-state index contributed by atoms with van der Waals surface area (Å²) in [5.74, 6) is -0.347. The van der Waals surface area contributed by atoms with Crippen LogP contribution in [0.5, 0.6) is 0 Å². The van der Waals surface area contributed by atoms with Gasteiger partial charge < -0.3 is 10.4 Å². The van der Waals surface area contributed by atoms with Gasteiger partial charge in [0.15, 0.2) is 0 Å². The van der Waals surface area contributed by atoms with Gasteiger partial charge in [0.25, 0.3) is 0 Å². The van der Waals surface area contributed by atoms with E-state index < -0.39 is 6.10 Å². The molecule has 2 aromatic rings. The lowest BCUT2D eigenvalue weighted by Crippen LogP contribution is -2.09. The molecule has 0 aromatic heterocycles. The third-order valence-electron chi connectivity index (χ3n) is 3.73. The molecule has 0 spiro atoms. The van der Waals surface area contributed by atoms with E-state index >= 15 is 0 Å². The molecule has 0 radical (unpaired) electrons. The molecule has 108 valence electrons. The number of aliphatic hydroxyl groups excluding tert-OH is 1. The number of anilines is 1. The number of nitrogens with one attached hydrogen (secondary N) is 1. The number of hydrogen-bond donors (Lipinski definition) is 2. The molecule has 0 saturated carbocycles. The van der Waals surface area contributed by atoms with Crippen LogP contribution >= 0.6 is 0 Å². The van der Waals surface area contributed by atoms with Gasteiger partial charge in [-0.05, 0) is 47.7 Å². The van der Waals surface area contributed by atoms with Gasteiger partial charge in [0.05, 0.1) is 0 Å². The van der Waals surface area contributed by atoms with Crippen molar-refractivity contribution in [3.05, 3.63) is 65.0 Å². The number of carbonyl (C=O) groups is 1. The summed E-state index contributed by atoms with van der Waals surface area (Å²) in [6.45, 7) is 0. The van der Waals surface area contributed by atoms with Gasteiger partial charge in [0.2, 0.25) is 5.91 Å². The average Bonchev–Trinajstić information content (AvgIpc) is 2.66. The fraction of sp³-hybridized carbons (Fsp3) is 0.235. The highest BCUT2D eigenvalue weighted by Crippen LogP contribution is 2.28. The van der Waals surface area contributed by atoms with Crippen LogP contribution in [0.25, 0.3) is 0 Å². The second-order valence-corrected chi connectivity index (χ2v) is 5.28. The van der Waals surface area contributed by atoms with Crippen molar-refractivity contribution in [3.63, 3.8) is 0 Å². The Morgan fingerprint density at radius 3 is 2.71 bits per heavy atom. The molecule has 0 fully saturated rings. The number of halogens is 1. The second kappa shape index (κ2) is 5.66. The first-order valence-corrected chi connectivity index (χ1v) is 7.00. The molecule has 1 aliphatic rings. The lowest BCUT2D eigenvalue weighted by molar-refractivity contribution is -0.116. The Morgan fingerprint density at radius 1 is 1.10 bits per heavy atom. The first kappa shape index (κ1) is 13.8. The molecule has 1 heterocycles. The molecule has 1 atom stereocenters. The minimum atomic E-state index is -0.870.